The molecule has 4 rings (SSSR count). The molecule has 0 spiro atoms. The number of carbonyl (C=O) groups is 2. The summed E-state index contributed by atoms with van der Waals surface area (Å²) in [5.41, 5.74) is 2.98. The molecule has 0 saturated heterocycles. The van der Waals surface area contributed by atoms with Gasteiger partial charge < -0.3 is 14.8 Å². The predicted molar refractivity (Wildman–Crippen MR) is 133 cm³/mol. The molecular formula is C27H23F3N2O4S. The van der Waals surface area contributed by atoms with Gasteiger partial charge in [0.2, 0.25) is 0 Å². The van der Waals surface area contributed by atoms with Gasteiger partial charge >= 0.3 is 18.1 Å². The van der Waals surface area contributed by atoms with E-state index in [0.717, 1.165) is 12.1 Å². The van der Waals surface area contributed by atoms with Gasteiger partial charge in [0, 0.05) is 27.9 Å². The summed E-state index contributed by atoms with van der Waals surface area (Å²) < 4.78 is 49.5. The lowest BCUT2D eigenvalue weighted by molar-refractivity contribution is -0.138. The second-order valence-electron chi connectivity index (χ2n) is 8.36. The zero-order valence-electron chi connectivity index (χ0n) is 20.4. The van der Waals surface area contributed by atoms with Crippen molar-refractivity contribution < 1.29 is 32.2 Å². The number of dihydropyridines is 1. The number of nitrogens with one attached hydrogen (secondary N) is 1. The SMILES string of the molecule is COC(=O)C1=C(C)NC(C)=C(C(=O)OC)C1c1cccc(-c2nc(-c3cccc(C(F)(F)F)c3)cs2)c1. The maximum Gasteiger partial charge on any atom is 0.416 e. The van der Waals surface area contributed by atoms with Crippen molar-refractivity contribution >= 4 is 23.3 Å². The van der Waals surface area contributed by atoms with Crippen LogP contribution >= 0.6 is 11.3 Å². The standard InChI is InChI=1S/C27H23F3N2O4S/c1-14-21(25(33)35-3)23(22(15(2)31-14)26(34)36-4)17-8-5-9-18(11-17)24-32-20(13-37-24)16-7-6-10-19(12-16)27(28,29)30/h5-13,23,31H,1-4H3. The lowest BCUT2D eigenvalue weighted by Crippen LogP contribution is -2.32. The molecule has 10 heteroatoms. The van der Waals surface area contributed by atoms with Crippen molar-refractivity contribution in [1.29, 1.82) is 0 Å². The van der Waals surface area contributed by atoms with Crippen LogP contribution in [0.2, 0.25) is 0 Å². The molecule has 1 aliphatic heterocycles. The van der Waals surface area contributed by atoms with E-state index in [2.05, 4.69) is 10.3 Å². The van der Waals surface area contributed by atoms with E-state index in [0.29, 0.717) is 38.8 Å². The van der Waals surface area contributed by atoms with Gasteiger partial charge in [0.25, 0.3) is 0 Å². The van der Waals surface area contributed by atoms with E-state index in [1.165, 1.54) is 31.6 Å². The van der Waals surface area contributed by atoms with E-state index < -0.39 is 29.6 Å². The number of rotatable bonds is 5. The molecule has 0 radical (unpaired) electrons. The molecule has 37 heavy (non-hydrogen) atoms. The largest absolute Gasteiger partial charge is 0.466 e. The number of esters is 2. The molecule has 192 valence electrons. The van der Waals surface area contributed by atoms with Crippen LogP contribution in [0.5, 0.6) is 0 Å². The first-order chi connectivity index (χ1) is 17.5. The van der Waals surface area contributed by atoms with Gasteiger partial charge in [-0.2, -0.15) is 13.2 Å². The van der Waals surface area contributed by atoms with Gasteiger partial charge in [0.05, 0.1) is 42.5 Å². The van der Waals surface area contributed by atoms with Gasteiger partial charge in [0.1, 0.15) is 5.01 Å². The fourth-order valence-corrected chi connectivity index (χ4v) is 5.16. The number of methoxy groups -OCH3 is 2. The first-order valence-electron chi connectivity index (χ1n) is 11.1. The van der Waals surface area contributed by atoms with Gasteiger partial charge in [-0.15, -0.1) is 11.3 Å². The van der Waals surface area contributed by atoms with Crippen LogP contribution in [0.25, 0.3) is 21.8 Å². The molecular weight excluding hydrogens is 505 g/mol. The summed E-state index contributed by atoms with van der Waals surface area (Å²) in [7, 11) is 2.54. The van der Waals surface area contributed by atoms with Crippen LogP contribution in [0.4, 0.5) is 13.2 Å². The average molecular weight is 529 g/mol. The minimum atomic E-state index is -4.45. The number of nitrogens with zero attached hydrogens (tertiary/aromatic N) is 1. The third-order valence-electron chi connectivity index (χ3n) is 6.03. The molecule has 0 unspecified atom stereocenters. The molecule has 0 atom stereocenters. The van der Waals surface area contributed by atoms with Gasteiger partial charge in [0.15, 0.2) is 0 Å². The normalized spacial score (nSPS) is 14.5. The lowest BCUT2D eigenvalue weighted by Gasteiger charge is -2.30. The minimum Gasteiger partial charge on any atom is -0.466 e. The molecule has 3 aromatic rings. The van der Waals surface area contributed by atoms with Crippen LogP contribution in [0, 0.1) is 0 Å². The Bertz CT molecular complexity index is 1400. The Morgan fingerprint density at radius 3 is 2.11 bits per heavy atom. The van der Waals surface area contributed by atoms with Crippen LogP contribution in [0.1, 0.15) is 30.9 Å². The molecule has 0 saturated carbocycles. The third kappa shape index (κ3) is 5.15. The summed E-state index contributed by atoms with van der Waals surface area (Å²) in [6.07, 6.45) is -4.45. The highest BCUT2D eigenvalue weighted by Gasteiger charge is 2.37. The highest BCUT2D eigenvalue weighted by Crippen LogP contribution is 2.41. The van der Waals surface area contributed by atoms with Crippen LogP contribution in [0.15, 0.2) is 76.5 Å². The number of benzene rings is 2. The summed E-state index contributed by atoms with van der Waals surface area (Å²) in [6.45, 7) is 3.45. The van der Waals surface area contributed by atoms with Crippen LogP contribution < -0.4 is 5.32 Å². The van der Waals surface area contributed by atoms with Crippen molar-refractivity contribution in [1.82, 2.24) is 10.3 Å². The number of ether oxygens (including phenoxy) is 2. The zero-order chi connectivity index (χ0) is 26.9. The van der Waals surface area contributed by atoms with Crippen molar-refractivity contribution in [2.24, 2.45) is 0 Å². The van der Waals surface area contributed by atoms with Crippen molar-refractivity contribution in [2.45, 2.75) is 25.9 Å². The maximum absolute atomic E-state index is 13.2. The number of carbonyl (C=O) groups excluding carboxylic acids is 2. The van der Waals surface area contributed by atoms with E-state index in [1.54, 1.807) is 43.5 Å². The van der Waals surface area contributed by atoms with E-state index in [9.17, 15) is 22.8 Å². The van der Waals surface area contributed by atoms with Crippen LogP contribution in [-0.4, -0.2) is 31.1 Å². The number of hydrogen-bond donors (Lipinski definition) is 1. The number of halogens is 3. The average Bonchev–Trinajstić information content (AvgIpc) is 3.37. The van der Waals surface area contributed by atoms with E-state index in [-0.39, 0.29) is 11.1 Å². The summed E-state index contributed by atoms with van der Waals surface area (Å²) >= 11 is 1.28. The second kappa shape index (κ2) is 10.2. The Balaban J connectivity index is 1.78. The summed E-state index contributed by atoms with van der Waals surface area (Å²) in [6, 6.07) is 12.2. The zero-order valence-corrected chi connectivity index (χ0v) is 21.2. The number of aromatic nitrogens is 1. The molecule has 1 aromatic heterocycles. The molecule has 6 nitrogen and oxygen atoms in total. The lowest BCUT2D eigenvalue weighted by atomic mass is 9.80. The van der Waals surface area contributed by atoms with Gasteiger partial charge in [-0.05, 0) is 37.6 Å². The second-order valence-corrected chi connectivity index (χ2v) is 9.22. The topological polar surface area (TPSA) is 77.5 Å². The summed E-state index contributed by atoms with van der Waals surface area (Å²) in [5, 5.41) is 5.32. The van der Waals surface area contributed by atoms with E-state index >= 15 is 0 Å². The Labute approximate surface area is 215 Å². The predicted octanol–water partition coefficient (Wildman–Crippen LogP) is 6.08. The molecule has 2 aromatic carbocycles. The first kappa shape index (κ1) is 26.2. The fraction of sp³-hybridized carbons (Fsp3) is 0.222. The van der Waals surface area contributed by atoms with Gasteiger partial charge in [-0.25, -0.2) is 14.6 Å². The highest BCUT2D eigenvalue weighted by molar-refractivity contribution is 7.13. The number of hydrogen-bond acceptors (Lipinski definition) is 7. The van der Waals surface area contributed by atoms with Crippen molar-refractivity contribution in [3.8, 4) is 21.8 Å². The van der Waals surface area contributed by atoms with Crippen LogP contribution in [-0.2, 0) is 25.2 Å². The number of thiazole rings is 1. The van der Waals surface area contributed by atoms with Gasteiger partial charge in [-0.1, -0.05) is 30.3 Å². The minimum absolute atomic E-state index is 0.273. The summed E-state index contributed by atoms with van der Waals surface area (Å²) in [5.74, 6) is -1.94. The monoisotopic (exact) mass is 528 g/mol. The van der Waals surface area contributed by atoms with Crippen molar-refractivity contribution in [3.05, 3.63) is 87.6 Å². The van der Waals surface area contributed by atoms with Crippen LogP contribution in [0.3, 0.4) is 0 Å². The number of alkyl halides is 3. The van der Waals surface area contributed by atoms with E-state index in [4.69, 9.17) is 9.47 Å². The molecule has 1 N–H and O–H groups in total. The van der Waals surface area contributed by atoms with E-state index in [1.807, 2.05) is 6.07 Å². The fourth-order valence-electron chi connectivity index (χ4n) is 4.33. The van der Waals surface area contributed by atoms with Gasteiger partial charge in [-0.3, -0.25) is 0 Å². The Morgan fingerprint density at radius 2 is 1.51 bits per heavy atom. The Hall–Kier alpha value is -3.92. The number of allylic oxidation sites excluding steroid dienone is 2. The summed E-state index contributed by atoms with van der Waals surface area (Å²) in [4.78, 5) is 30.1. The van der Waals surface area contributed by atoms with Crippen molar-refractivity contribution in [3.63, 3.8) is 0 Å². The molecule has 0 bridgehead atoms. The van der Waals surface area contributed by atoms with Crippen molar-refractivity contribution in [2.75, 3.05) is 14.2 Å². The smallest absolute Gasteiger partial charge is 0.416 e. The Morgan fingerprint density at radius 1 is 0.919 bits per heavy atom. The third-order valence-corrected chi connectivity index (χ3v) is 6.92. The highest BCUT2D eigenvalue weighted by atomic mass is 32.1. The molecule has 0 fully saturated rings. The molecule has 2 heterocycles. The quantitative estimate of drug-likeness (QED) is 0.405. The maximum atomic E-state index is 13.2. The molecule has 0 aliphatic carbocycles. The molecule has 0 amide bonds. The first-order valence-corrected chi connectivity index (χ1v) is 12.0. The molecule has 1 aliphatic rings. The Kier molecular flexibility index (Phi) is 7.22.